The maximum Gasteiger partial charge on any atom is 0.419 e. The molecule has 1 heterocycles. The SMILES string of the molecule is CCCOc1ccc(-c2noc(-c3ccc(OCCF)c(C(F)(F)F)c3)n2)cc1. The van der Waals surface area contributed by atoms with Crippen LogP contribution in [0.25, 0.3) is 22.8 Å². The fourth-order valence-corrected chi connectivity index (χ4v) is 2.54. The molecule has 0 aliphatic carbocycles. The monoisotopic (exact) mass is 410 g/mol. The highest BCUT2D eigenvalue weighted by Gasteiger charge is 2.35. The van der Waals surface area contributed by atoms with Gasteiger partial charge in [-0.2, -0.15) is 18.2 Å². The van der Waals surface area contributed by atoms with Gasteiger partial charge in [-0.05, 0) is 48.9 Å². The van der Waals surface area contributed by atoms with Gasteiger partial charge in [0.25, 0.3) is 5.89 Å². The summed E-state index contributed by atoms with van der Waals surface area (Å²) in [6.07, 6.45) is -3.80. The van der Waals surface area contributed by atoms with Crippen molar-refractivity contribution in [1.29, 1.82) is 0 Å². The molecule has 9 heteroatoms. The molecular weight excluding hydrogens is 392 g/mol. The Morgan fingerprint density at radius 2 is 1.69 bits per heavy atom. The lowest BCUT2D eigenvalue weighted by atomic mass is 10.1. The highest BCUT2D eigenvalue weighted by atomic mass is 19.4. The van der Waals surface area contributed by atoms with Gasteiger partial charge < -0.3 is 14.0 Å². The predicted molar refractivity (Wildman–Crippen MR) is 97.4 cm³/mol. The third kappa shape index (κ3) is 5.04. The first-order valence-electron chi connectivity index (χ1n) is 8.89. The predicted octanol–water partition coefficient (Wildman–Crippen LogP) is 5.56. The normalized spacial score (nSPS) is 11.5. The van der Waals surface area contributed by atoms with Gasteiger partial charge in [0.05, 0.1) is 12.2 Å². The number of ether oxygens (including phenoxy) is 2. The van der Waals surface area contributed by atoms with Crippen molar-refractivity contribution >= 4 is 0 Å². The average Bonchev–Trinajstić information content (AvgIpc) is 3.20. The molecule has 5 nitrogen and oxygen atoms in total. The van der Waals surface area contributed by atoms with Crippen LogP contribution in [0, 0.1) is 0 Å². The van der Waals surface area contributed by atoms with Crippen molar-refractivity contribution in [1.82, 2.24) is 10.1 Å². The van der Waals surface area contributed by atoms with Crippen molar-refractivity contribution in [3.8, 4) is 34.3 Å². The third-order valence-electron chi connectivity index (χ3n) is 3.88. The second-order valence-electron chi connectivity index (χ2n) is 6.04. The van der Waals surface area contributed by atoms with Gasteiger partial charge in [0, 0.05) is 11.1 Å². The molecule has 0 bridgehead atoms. The second kappa shape index (κ2) is 8.93. The number of nitrogens with zero attached hydrogens (tertiary/aromatic N) is 2. The Balaban J connectivity index is 1.86. The van der Waals surface area contributed by atoms with Gasteiger partial charge >= 0.3 is 6.18 Å². The Hall–Kier alpha value is -3.10. The van der Waals surface area contributed by atoms with E-state index in [0.717, 1.165) is 18.6 Å². The van der Waals surface area contributed by atoms with Crippen molar-refractivity contribution in [2.45, 2.75) is 19.5 Å². The minimum Gasteiger partial charge on any atom is -0.494 e. The second-order valence-corrected chi connectivity index (χ2v) is 6.04. The maximum atomic E-state index is 13.3. The lowest BCUT2D eigenvalue weighted by Gasteiger charge is -2.13. The Morgan fingerprint density at radius 3 is 2.34 bits per heavy atom. The highest BCUT2D eigenvalue weighted by Crippen LogP contribution is 2.38. The zero-order valence-electron chi connectivity index (χ0n) is 15.5. The standard InChI is InChI=1S/C20H18F4N2O3/c1-2-10-27-15-6-3-13(4-7-15)18-25-19(29-26-18)14-5-8-17(28-11-9-21)16(12-14)20(22,23)24/h3-8,12H,2,9-11H2,1H3. The van der Waals surface area contributed by atoms with Crippen LogP contribution in [0.5, 0.6) is 11.5 Å². The van der Waals surface area contributed by atoms with E-state index in [2.05, 4.69) is 10.1 Å². The molecule has 0 saturated carbocycles. The van der Waals surface area contributed by atoms with E-state index < -0.39 is 30.8 Å². The minimum absolute atomic E-state index is 0.0751. The Kier molecular flexibility index (Phi) is 6.36. The molecule has 3 rings (SSSR count). The lowest BCUT2D eigenvalue weighted by molar-refractivity contribution is -0.138. The highest BCUT2D eigenvalue weighted by molar-refractivity contribution is 5.62. The van der Waals surface area contributed by atoms with Gasteiger partial charge in [0.2, 0.25) is 5.82 Å². The minimum atomic E-state index is -4.68. The zero-order chi connectivity index (χ0) is 20.9. The summed E-state index contributed by atoms with van der Waals surface area (Å²) >= 11 is 0. The van der Waals surface area contributed by atoms with Crippen molar-refractivity contribution < 1.29 is 31.6 Å². The smallest absolute Gasteiger partial charge is 0.419 e. The molecule has 0 saturated heterocycles. The van der Waals surface area contributed by atoms with Crippen LogP contribution in [0.2, 0.25) is 0 Å². The van der Waals surface area contributed by atoms with E-state index in [0.29, 0.717) is 17.9 Å². The molecule has 3 aromatic rings. The average molecular weight is 410 g/mol. The van der Waals surface area contributed by atoms with Crippen LogP contribution in [-0.4, -0.2) is 30.0 Å². The van der Waals surface area contributed by atoms with E-state index in [1.165, 1.54) is 6.07 Å². The molecular formula is C20H18F4N2O3. The van der Waals surface area contributed by atoms with Crippen LogP contribution in [0.1, 0.15) is 18.9 Å². The van der Waals surface area contributed by atoms with Crippen LogP contribution in [0.4, 0.5) is 17.6 Å². The van der Waals surface area contributed by atoms with Crippen LogP contribution in [0.3, 0.4) is 0 Å². The first-order valence-corrected chi connectivity index (χ1v) is 8.89. The molecule has 154 valence electrons. The molecule has 0 unspecified atom stereocenters. The molecule has 0 radical (unpaired) electrons. The number of halogens is 4. The largest absolute Gasteiger partial charge is 0.494 e. The number of hydrogen-bond acceptors (Lipinski definition) is 5. The lowest BCUT2D eigenvalue weighted by Crippen LogP contribution is -2.10. The van der Waals surface area contributed by atoms with Crippen molar-refractivity contribution in [3.05, 3.63) is 48.0 Å². The van der Waals surface area contributed by atoms with Crippen LogP contribution >= 0.6 is 0 Å². The van der Waals surface area contributed by atoms with E-state index >= 15 is 0 Å². The summed E-state index contributed by atoms with van der Waals surface area (Å²) in [7, 11) is 0. The van der Waals surface area contributed by atoms with Crippen LogP contribution in [-0.2, 0) is 6.18 Å². The van der Waals surface area contributed by atoms with Crippen molar-refractivity contribution in [2.24, 2.45) is 0 Å². The first-order chi connectivity index (χ1) is 13.9. The first kappa shape index (κ1) is 20.6. The number of aromatic nitrogens is 2. The quantitative estimate of drug-likeness (QED) is 0.455. The van der Waals surface area contributed by atoms with Crippen LogP contribution in [0.15, 0.2) is 47.0 Å². The van der Waals surface area contributed by atoms with Gasteiger partial charge in [-0.15, -0.1) is 0 Å². The summed E-state index contributed by atoms with van der Waals surface area (Å²) in [5.74, 6) is 0.390. The Bertz CT molecular complexity index is 940. The third-order valence-corrected chi connectivity index (χ3v) is 3.88. The van der Waals surface area contributed by atoms with E-state index in [4.69, 9.17) is 14.0 Å². The molecule has 0 aliphatic rings. The molecule has 0 fully saturated rings. The van der Waals surface area contributed by atoms with Gasteiger partial charge in [0.15, 0.2) is 0 Å². The molecule has 0 amide bonds. The number of benzene rings is 2. The van der Waals surface area contributed by atoms with Gasteiger partial charge in [-0.25, -0.2) is 4.39 Å². The van der Waals surface area contributed by atoms with Gasteiger partial charge in [-0.3, -0.25) is 0 Å². The van der Waals surface area contributed by atoms with Crippen molar-refractivity contribution in [3.63, 3.8) is 0 Å². The van der Waals surface area contributed by atoms with E-state index in [9.17, 15) is 17.6 Å². The van der Waals surface area contributed by atoms with Gasteiger partial charge in [-0.1, -0.05) is 12.1 Å². The topological polar surface area (TPSA) is 57.4 Å². The van der Waals surface area contributed by atoms with Crippen LogP contribution < -0.4 is 9.47 Å². The molecule has 0 N–H and O–H groups in total. The Morgan fingerprint density at radius 1 is 0.966 bits per heavy atom. The number of hydrogen-bond donors (Lipinski definition) is 0. The molecule has 0 atom stereocenters. The van der Waals surface area contributed by atoms with E-state index in [-0.39, 0.29) is 17.3 Å². The van der Waals surface area contributed by atoms with E-state index in [1.807, 2.05) is 6.92 Å². The summed E-state index contributed by atoms with van der Waals surface area (Å²) in [6.45, 7) is 1.23. The summed E-state index contributed by atoms with van der Waals surface area (Å²) in [6, 6.07) is 10.3. The van der Waals surface area contributed by atoms with Gasteiger partial charge in [0.1, 0.15) is 24.8 Å². The fraction of sp³-hybridized carbons (Fsp3) is 0.300. The molecule has 29 heavy (non-hydrogen) atoms. The molecule has 1 aromatic heterocycles. The summed E-state index contributed by atoms with van der Waals surface area (Å²) < 4.78 is 67.7. The fourth-order valence-electron chi connectivity index (χ4n) is 2.54. The Labute approximate surface area is 164 Å². The number of alkyl halides is 4. The molecule has 0 aliphatic heterocycles. The summed E-state index contributed by atoms with van der Waals surface area (Å²) in [4.78, 5) is 4.17. The molecule has 0 spiro atoms. The zero-order valence-corrected chi connectivity index (χ0v) is 15.5. The van der Waals surface area contributed by atoms with Crippen molar-refractivity contribution in [2.75, 3.05) is 19.9 Å². The van der Waals surface area contributed by atoms with E-state index in [1.54, 1.807) is 24.3 Å². The molecule has 2 aromatic carbocycles. The summed E-state index contributed by atoms with van der Waals surface area (Å²) in [5.41, 5.74) is -0.338. The summed E-state index contributed by atoms with van der Waals surface area (Å²) in [5, 5.41) is 3.83. The maximum absolute atomic E-state index is 13.3. The number of rotatable bonds is 8.